The first-order valence-corrected chi connectivity index (χ1v) is 14.8. The fourth-order valence-corrected chi connectivity index (χ4v) is 6.11. The minimum atomic E-state index is -4.22. The van der Waals surface area contributed by atoms with E-state index in [0.29, 0.717) is 48.8 Å². The maximum atomic E-state index is 13.5. The van der Waals surface area contributed by atoms with Gasteiger partial charge in [-0.1, -0.05) is 84.4 Å². The molecule has 41 heavy (non-hydrogen) atoms. The van der Waals surface area contributed by atoms with E-state index in [1.54, 1.807) is 72.8 Å². The normalized spacial score (nSPS) is 14.2. The van der Waals surface area contributed by atoms with Crippen LogP contribution in [0.15, 0.2) is 108 Å². The van der Waals surface area contributed by atoms with Crippen molar-refractivity contribution in [3.8, 4) is 0 Å². The first-order chi connectivity index (χ1) is 19.8. The number of hydrogen-bond acceptors (Lipinski definition) is 7. The Hall–Kier alpha value is -4.18. The molecule has 1 aliphatic rings. The zero-order valence-electron chi connectivity index (χ0n) is 21.9. The lowest BCUT2D eigenvalue weighted by atomic mass is 10.00. The Morgan fingerprint density at radius 1 is 0.829 bits per heavy atom. The van der Waals surface area contributed by atoms with Gasteiger partial charge in [0.2, 0.25) is 5.78 Å². The van der Waals surface area contributed by atoms with Crippen molar-refractivity contribution in [2.24, 2.45) is 0 Å². The zero-order chi connectivity index (χ0) is 28.8. The fraction of sp³-hybridized carbons (Fsp3) is 0.161. The van der Waals surface area contributed by atoms with Crippen molar-refractivity contribution >= 4 is 44.8 Å². The summed E-state index contributed by atoms with van der Waals surface area (Å²) < 4.78 is 40.8. The van der Waals surface area contributed by atoms with Gasteiger partial charge in [0.25, 0.3) is 10.0 Å². The van der Waals surface area contributed by atoms with Crippen LogP contribution < -0.4 is 9.62 Å². The van der Waals surface area contributed by atoms with Gasteiger partial charge in [-0.15, -0.1) is 0 Å². The number of morpholine rings is 1. The number of benzene rings is 4. The molecule has 1 heterocycles. The van der Waals surface area contributed by atoms with Gasteiger partial charge in [0.15, 0.2) is 6.10 Å². The summed E-state index contributed by atoms with van der Waals surface area (Å²) in [4.78, 5) is 28.4. The fourth-order valence-electron chi connectivity index (χ4n) is 4.51. The Morgan fingerprint density at radius 3 is 2.17 bits per heavy atom. The number of para-hydroxylation sites is 2. The number of rotatable bonds is 9. The van der Waals surface area contributed by atoms with Crippen LogP contribution >= 0.6 is 11.6 Å². The number of carbonyl (C=O) groups is 2. The minimum Gasteiger partial charge on any atom is -0.445 e. The summed E-state index contributed by atoms with van der Waals surface area (Å²) >= 11 is 6.32. The van der Waals surface area contributed by atoms with E-state index >= 15 is 0 Å². The number of sulfonamides is 1. The summed E-state index contributed by atoms with van der Waals surface area (Å²) in [5, 5.41) is -0.0714. The van der Waals surface area contributed by atoms with Crippen LogP contribution in [0.2, 0.25) is 5.02 Å². The second-order valence-electron chi connectivity index (χ2n) is 9.29. The number of hydrogen-bond donors (Lipinski definition) is 1. The van der Waals surface area contributed by atoms with E-state index in [-0.39, 0.29) is 15.5 Å². The Kier molecular flexibility index (Phi) is 8.68. The average Bonchev–Trinajstić information content (AvgIpc) is 3.01. The van der Waals surface area contributed by atoms with Gasteiger partial charge >= 0.3 is 5.97 Å². The van der Waals surface area contributed by atoms with Crippen LogP contribution in [0.3, 0.4) is 0 Å². The highest BCUT2D eigenvalue weighted by atomic mass is 35.5. The molecule has 5 rings (SSSR count). The summed E-state index contributed by atoms with van der Waals surface area (Å²) in [7, 11) is -4.22. The lowest BCUT2D eigenvalue weighted by molar-refractivity contribution is 0.0280. The number of carbonyl (C=O) groups excluding carboxylic acids is 2. The maximum absolute atomic E-state index is 13.5. The molecule has 10 heteroatoms. The molecule has 1 atom stereocenters. The van der Waals surface area contributed by atoms with Gasteiger partial charge in [-0.25, -0.2) is 13.2 Å². The van der Waals surface area contributed by atoms with Gasteiger partial charge in [0.05, 0.1) is 35.2 Å². The quantitative estimate of drug-likeness (QED) is 0.195. The highest BCUT2D eigenvalue weighted by Crippen LogP contribution is 2.32. The Morgan fingerprint density at radius 2 is 1.46 bits per heavy atom. The molecule has 0 amide bonds. The second kappa shape index (κ2) is 12.6. The van der Waals surface area contributed by atoms with E-state index in [2.05, 4.69) is 4.72 Å². The summed E-state index contributed by atoms with van der Waals surface area (Å²) in [5.74, 6) is -1.28. The molecule has 0 aromatic heterocycles. The van der Waals surface area contributed by atoms with E-state index in [4.69, 9.17) is 21.1 Å². The summed E-state index contributed by atoms with van der Waals surface area (Å²) in [5.41, 5.74) is 1.86. The SMILES string of the molecule is O=C(OC(C(=O)c1ccccc1)c1ccccc1)c1ccc(Cl)c(S(=O)(=O)Nc2ccccc2N2CCOCC2)c1. The number of ether oxygens (including phenoxy) is 2. The smallest absolute Gasteiger partial charge is 0.339 e. The van der Waals surface area contributed by atoms with Gasteiger partial charge in [0.1, 0.15) is 4.90 Å². The summed E-state index contributed by atoms with van der Waals surface area (Å²) in [6, 6.07) is 28.0. The predicted octanol–water partition coefficient (Wildman–Crippen LogP) is 5.76. The largest absolute Gasteiger partial charge is 0.445 e. The molecule has 1 aliphatic heterocycles. The van der Waals surface area contributed by atoms with Crippen LogP contribution in [0.25, 0.3) is 0 Å². The first-order valence-electron chi connectivity index (χ1n) is 12.9. The first kappa shape index (κ1) is 28.4. The van der Waals surface area contributed by atoms with Crippen molar-refractivity contribution in [2.75, 3.05) is 35.9 Å². The number of anilines is 2. The minimum absolute atomic E-state index is 0.0713. The number of nitrogens with one attached hydrogen (secondary N) is 1. The van der Waals surface area contributed by atoms with Crippen molar-refractivity contribution in [3.63, 3.8) is 0 Å². The van der Waals surface area contributed by atoms with Gasteiger partial charge in [-0.2, -0.15) is 0 Å². The molecule has 0 aliphatic carbocycles. The molecule has 1 saturated heterocycles. The van der Waals surface area contributed by atoms with Crippen LogP contribution in [0.5, 0.6) is 0 Å². The molecule has 4 aromatic rings. The number of nitrogens with zero attached hydrogens (tertiary/aromatic N) is 1. The molecule has 1 N–H and O–H groups in total. The van der Waals surface area contributed by atoms with Crippen molar-refractivity contribution in [1.82, 2.24) is 0 Å². The Labute approximate surface area is 243 Å². The zero-order valence-corrected chi connectivity index (χ0v) is 23.5. The molecule has 0 bridgehead atoms. The standard InChI is InChI=1S/C31H27ClN2O6S/c32-25-16-15-24(31(36)40-30(23-11-5-2-6-12-23)29(35)22-9-3-1-4-10-22)21-28(25)41(37,38)33-26-13-7-8-14-27(26)34-17-19-39-20-18-34/h1-16,21,30,33H,17-20H2. The third kappa shape index (κ3) is 6.59. The van der Waals surface area contributed by atoms with Crippen LogP contribution in [0.4, 0.5) is 11.4 Å². The predicted molar refractivity (Wildman–Crippen MR) is 157 cm³/mol. The lowest BCUT2D eigenvalue weighted by Gasteiger charge is -2.30. The molecule has 0 radical (unpaired) electrons. The molecule has 8 nitrogen and oxygen atoms in total. The van der Waals surface area contributed by atoms with Crippen molar-refractivity contribution < 1.29 is 27.5 Å². The molecule has 0 spiro atoms. The third-order valence-corrected chi connectivity index (χ3v) is 8.43. The summed E-state index contributed by atoms with van der Waals surface area (Å²) in [6.07, 6.45) is -1.24. The Bertz CT molecular complexity index is 1640. The summed E-state index contributed by atoms with van der Waals surface area (Å²) in [6.45, 7) is 2.30. The molecular formula is C31H27ClN2O6S. The third-order valence-electron chi connectivity index (χ3n) is 6.58. The van der Waals surface area contributed by atoms with E-state index in [1.807, 2.05) is 17.0 Å². The van der Waals surface area contributed by atoms with Crippen LogP contribution in [0, 0.1) is 0 Å². The van der Waals surface area contributed by atoms with Gasteiger partial charge in [0, 0.05) is 24.2 Å². The molecule has 1 unspecified atom stereocenters. The molecule has 0 saturated carbocycles. The monoisotopic (exact) mass is 590 g/mol. The van der Waals surface area contributed by atoms with E-state index in [1.165, 1.54) is 12.1 Å². The van der Waals surface area contributed by atoms with Crippen LogP contribution in [0.1, 0.15) is 32.4 Å². The highest BCUT2D eigenvalue weighted by Gasteiger charge is 2.28. The number of ketones is 1. The van der Waals surface area contributed by atoms with E-state index in [9.17, 15) is 18.0 Å². The molecule has 4 aromatic carbocycles. The molecule has 1 fully saturated rings. The lowest BCUT2D eigenvalue weighted by Crippen LogP contribution is -2.36. The van der Waals surface area contributed by atoms with Crippen molar-refractivity contribution in [2.45, 2.75) is 11.0 Å². The number of Topliss-reactive ketones (excluding diaryl/α,β-unsaturated/α-hetero) is 1. The second-order valence-corrected chi connectivity index (χ2v) is 11.4. The van der Waals surface area contributed by atoms with Gasteiger partial charge in [-0.05, 0) is 30.3 Å². The van der Waals surface area contributed by atoms with E-state index < -0.39 is 27.9 Å². The number of halogens is 1. The Balaban J connectivity index is 1.42. The van der Waals surface area contributed by atoms with Crippen molar-refractivity contribution in [3.05, 3.63) is 125 Å². The van der Waals surface area contributed by atoms with Gasteiger partial charge in [-0.3, -0.25) is 9.52 Å². The van der Waals surface area contributed by atoms with Crippen LogP contribution in [-0.2, 0) is 19.5 Å². The van der Waals surface area contributed by atoms with E-state index in [0.717, 1.165) is 6.07 Å². The molecule has 210 valence electrons. The number of esters is 1. The van der Waals surface area contributed by atoms with Crippen LogP contribution in [-0.4, -0.2) is 46.5 Å². The van der Waals surface area contributed by atoms with Crippen molar-refractivity contribution in [1.29, 1.82) is 0 Å². The topological polar surface area (TPSA) is 102 Å². The molecular weight excluding hydrogens is 564 g/mol. The average molecular weight is 591 g/mol. The highest BCUT2D eigenvalue weighted by molar-refractivity contribution is 7.92. The maximum Gasteiger partial charge on any atom is 0.339 e. The van der Waals surface area contributed by atoms with Gasteiger partial charge < -0.3 is 14.4 Å².